The lowest BCUT2D eigenvalue weighted by Gasteiger charge is -2.16. The third-order valence-corrected chi connectivity index (χ3v) is 3.02. The second-order valence-corrected chi connectivity index (χ2v) is 4.21. The number of nitrogens with zero attached hydrogens (tertiary/aromatic N) is 1. The van der Waals surface area contributed by atoms with Gasteiger partial charge in [0.15, 0.2) is 0 Å². The molecule has 0 amide bonds. The molecule has 0 aromatic heterocycles. The Kier molecular flexibility index (Phi) is 3.75. The van der Waals surface area contributed by atoms with Crippen molar-refractivity contribution >= 4 is 0 Å². The van der Waals surface area contributed by atoms with Crippen LogP contribution >= 0.6 is 0 Å². The van der Waals surface area contributed by atoms with Gasteiger partial charge in [0.05, 0.1) is 0 Å². The smallest absolute Gasteiger partial charge is 0.0219 e. The van der Waals surface area contributed by atoms with Crippen LogP contribution in [-0.4, -0.2) is 30.6 Å². The minimum atomic E-state index is 0.744. The van der Waals surface area contributed by atoms with E-state index in [1.807, 2.05) is 0 Å². The third-order valence-electron chi connectivity index (χ3n) is 3.02. The second-order valence-electron chi connectivity index (χ2n) is 4.21. The lowest BCUT2D eigenvalue weighted by atomic mass is 10.2. The van der Waals surface area contributed by atoms with E-state index in [-0.39, 0.29) is 0 Å². The topological polar surface area (TPSA) is 15.0 Å². The van der Waals surface area contributed by atoms with Gasteiger partial charge in [-0.05, 0) is 12.0 Å². The highest BCUT2D eigenvalue weighted by Crippen LogP contribution is 2.12. The molecule has 15 heavy (non-hydrogen) atoms. The number of hydrogen-bond donors (Lipinski definition) is 1. The molecule has 0 spiro atoms. The number of benzene rings is 1. The fourth-order valence-electron chi connectivity index (χ4n) is 1.93. The van der Waals surface area contributed by atoms with Crippen LogP contribution in [0.5, 0.6) is 0 Å². The van der Waals surface area contributed by atoms with E-state index in [0.717, 1.165) is 19.1 Å². The van der Waals surface area contributed by atoms with Gasteiger partial charge in [0, 0.05) is 32.2 Å². The van der Waals surface area contributed by atoms with Crippen molar-refractivity contribution in [3.05, 3.63) is 35.9 Å². The molecule has 1 atom stereocenters. The zero-order chi connectivity index (χ0) is 10.5. The molecular formula is C13H20N2. The van der Waals surface area contributed by atoms with E-state index in [0.29, 0.717) is 0 Å². The fourth-order valence-corrected chi connectivity index (χ4v) is 1.93. The van der Waals surface area contributed by atoms with E-state index in [9.17, 15) is 0 Å². The Morgan fingerprint density at radius 1 is 1.27 bits per heavy atom. The maximum absolute atomic E-state index is 3.53. The maximum Gasteiger partial charge on any atom is 0.0219 e. The van der Waals surface area contributed by atoms with Crippen LogP contribution < -0.4 is 5.32 Å². The lowest BCUT2D eigenvalue weighted by molar-refractivity contribution is 0.367. The molecule has 82 valence electrons. The number of nitrogens with one attached hydrogen (secondary N) is 1. The average molecular weight is 204 g/mol. The van der Waals surface area contributed by atoms with E-state index in [1.165, 1.54) is 25.1 Å². The van der Waals surface area contributed by atoms with Crippen molar-refractivity contribution in [1.82, 2.24) is 10.2 Å². The summed E-state index contributed by atoms with van der Waals surface area (Å²) in [5, 5.41) is 3.53. The molecule has 2 rings (SSSR count). The Labute approximate surface area is 92.3 Å². The van der Waals surface area contributed by atoms with Gasteiger partial charge in [-0.25, -0.2) is 0 Å². The van der Waals surface area contributed by atoms with Gasteiger partial charge in [-0.1, -0.05) is 37.3 Å². The summed E-state index contributed by atoms with van der Waals surface area (Å²) in [5.41, 5.74) is 1.37. The van der Waals surface area contributed by atoms with Crippen LogP contribution in [0, 0.1) is 0 Å². The molecule has 1 unspecified atom stereocenters. The van der Waals surface area contributed by atoms with Crippen LogP contribution in [0.2, 0.25) is 0 Å². The van der Waals surface area contributed by atoms with Crippen molar-refractivity contribution in [2.45, 2.75) is 25.9 Å². The van der Waals surface area contributed by atoms with Crippen LogP contribution in [0.4, 0.5) is 0 Å². The summed E-state index contributed by atoms with van der Waals surface area (Å²) in [4.78, 5) is 2.53. The largest absolute Gasteiger partial charge is 0.311 e. The van der Waals surface area contributed by atoms with Crippen molar-refractivity contribution < 1.29 is 0 Å². The summed E-state index contributed by atoms with van der Waals surface area (Å²) in [6.07, 6.45) is 1.25. The van der Waals surface area contributed by atoms with Crippen LogP contribution in [-0.2, 0) is 6.54 Å². The van der Waals surface area contributed by atoms with E-state index in [1.54, 1.807) is 0 Å². The zero-order valence-electron chi connectivity index (χ0n) is 9.45. The minimum absolute atomic E-state index is 0.744. The molecule has 0 saturated carbocycles. The SMILES string of the molecule is CCC(CNCc1ccccc1)N1CC1. The molecule has 0 aliphatic carbocycles. The predicted molar refractivity (Wildman–Crippen MR) is 63.8 cm³/mol. The maximum atomic E-state index is 3.53. The summed E-state index contributed by atoms with van der Waals surface area (Å²) in [7, 11) is 0. The van der Waals surface area contributed by atoms with E-state index in [2.05, 4.69) is 47.5 Å². The van der Waals surface area contributed by atoms with E-state index in [4.69, 9.17) is 0 Å². The van der Waals surface area contributed by atoms with Crippen molar-refractivity contribution in [2.24, 2.45) is 0 Å². The highest BCUT2D eigenvalue weighted by atomic mass is 15.3. The first-order chi connectivity index (χ1) is 7.40. The van der Waals surface area contributed by atoms with Crippen LogP contribution in [0.15, 0.2) is 30.3 Å². The molecule has 1 fully saturated rings. The molecule has 1 heterocycles. The first-order valence-electron chi connectivity index (χ1n) is 5.89. The molecule has 1 aromatic rings. The zero-order valence-corrected chi connectivity index (χ0v) is 9.45. The normalized spacial score (nSPS) is 17.7. The lowest BCUT2D eigenvalue weighted by Crippen LogP contribution is -2.31. The Morgan fingerprint density at radius 3 is 2.60 bits per heavy atom. The van der Waals surface area contributed by atoms with E-state index < -0.39 is 0 Å². The van der Waals surface area contributed by atoms with Gasteiger partial charge in [-0.3, -0.25) is 4.90 Å². The minimum Gasteiger partial charge on any atom is -0.311 e. The molecule has 1 aromatic carbocycles. The Balaban J connectivity index is 1.69. The van der Waals surface area contributed by atoms with Crippen molar-refractivity contribution in [2.75, 3.05) is 19.6 Å². The summed E-state index contributed by atoms with van der Waals surface area (Å²) < 4.78 is 0. The fraction of sp³-hybridized carbons (Fsp3) is 0.538. The monoisotopic (exact) mass is 204 g/mol. The Morgan fingerprint density at radius 2 is 2.00 bits per heavy atom. The molecule has 1 saturated heterocycles. The molecule has 2 nitrogen and oxygen atoms in total. The van der Waals surface area contributed by atoms with Crippen molar-refractivity contribution in [3.8, 4) is 0 Å². The van der Waals surface area contributed by atoms with Gasteiger partial charge >= 0.3 is 0 Å². The van der Waals surface area contributed by atoms with Crippen LogP contribution in [0.3, 0.4) is 0 Å². The molecule has 1 N–H and O–H groups in total. The summed E-state index contributed by atoms with van der Waals surface area (Å²) in [5.74, 6) is 0. The first kappa shape index (κ1) is 10.7. The second kappa shape index (κ2) is 5.29. The van der Waals surface area contributed by atoms with Gasteiger partial charge in [0.25, 0.3) is 0 Å². The van der Waals surface area contributed by atoms with Gasteiger partial charge in [-0.2, -0.15) is 0 Å². The highest BCUT2D eigenvalue weighted by molar-refractivity contribution is 5.14. The quantitative estimate of drug-likeness (QED) is 0.712. The average Bonchev–Trinajstić information content (AvgIpc) is 3.10. The van der Waals surface area contributed by atoms with Crippen LogP contribution in [0.25, 0.3) is 0 Å². The van der Waals surface area contributed by atoms with Gasteiger partial charge in [0.1, 0.15) is 0 Å². The molecule has 0 bridgehead atoms. The molecule has 1 aliphatic rings. The molecule has 2 heteroatoms. The Bertz CT molecular complexity index is 280. The van der Waals surface area contributed by atoms with Gasteiger partial charge in [-0.15, -0.1) is 0 Å². The number of hydrogen-bond acceptors (Lipinski definition) is 2. The van der Waals surface area contributed by atoms with Gasteiger partial charge < -0.3 is 5.32 Å². The predicted octanol–water partition coefficient (Wildman–Crippen LogP) is 1.87. The highest BCUT2D eigenvalue weighted by Gasteiger charge is 2.25. The molecular weight excluding hydrogens is 184 g/mol. The third kappa shape index (κ3) is 3.33. The molecule has 1 aliphatic heterocycles. The van der Waals surface area contributed by atoms with Crippen molar-refractivity contribution in [1.29, 1.82) is 0 Å². The first-order valence-corrected chi connectivity index (χ1v) is 5.89. The van der Waals surface area contributed by atoms with Crippen molar-refractivity contribution in [3.63, 3.8) is 0 Å². The van der Waals surface area contributed by atoms with Crippen LogP contribution in [0.1, 0.15) is 18.9 Å². The number of rotatable bonds is 6. The molecule has 0 radical (unpaired) electrons. The Hall–Kier alpha value is -0.860. The standard InChI is InChI=1S/C13H20N2/c1-2-13(15-8-9-15)11-14-10-12-6-4-3-5-7-12/h3-7,13-14H,2,8-11H2,1H3. The summed E-state index contributed by atoms with van der Waals surface area (Å²) >= 11 is 0. The summed E-state index contributed by atoms with van der Waals surface area (Å²) in [6, 6.07) is 11.3. The van der Waals surface area contributed by atoms with E-state index >= 15 is 0 Å². The van der Waals surface area contributed by atoms with Gasteiger partial charge in [0.2, 0.25) is 0 Å². The summed E-state index contributed by atoms with van der Waals surface area (Å²) in [6.45, 7) is 6.97.